The lowest BCUT2D eigenvalue weighted by atomic mass is 10.2. The van der Waals surface area contributed by atoms with Crippen molar-refractivity contribution >= 4 is 23.2 Å². The van der Waals surface area contributed by atoms with Gasteiger partial charge >= 0.3 is 0 Å². The summed E-state index contributed by atoms with van der Waals surface area (Å²) in [4.78, 5) is 1.93. The highest BCUT2D eigenvalue weighted by Crippen LogP contribution is 2.31. The highest BCUT2D eigenvalue weighted by atomic mass is 35.5. The fraction of sp³-hybridized carbons (Fsp3) is 0.333. The minimum Gasteiger partial charge on any atom is -0.506 e. The number of phenolic OH excluding ortho intramolecular Hbond substituents is 1. The maximum absolute atomic E-state index is 9.55. The van der Waals surface area contributed by atoms with Crippen molar-refractivity contribution in [1.82, 2.24) is 4.90 Å². The summed E-state index contributed by atoms with van der Waals surface area (Å²) in [5, 5.41) is 10.4. The first-order valence-electron chi connectivity index (χ1n) is 3.82. The van der Waals surface area contributed by atoms with E-state index in [1.807, 2.05) is 19.0 Å². The van der Waals surface area contributed by atoms with E-state index < -0.39 is 0 Å². The van der Waals surface area contributed by atoms with Crippen molar-refractivity contribution in [2.24, 2.45) is 0 Å². The smallest absolute Gasteiger partial charge is 0.138 e. The quantitative estimate of drug-likeness (QED) is 0.828. The van der Waals surface area contributed by atoms with Gasteiger partial charge in [-0.1, -0.05) is 23.2 Å². The summed E-state index contributed by atoms with van der Waals surface area (Å²) in [5.41, 5.74) is 0.738. The summed E-state index contributed by atoms with van der Waals surface area (Å²) in [6, 6.07) is 3.24. The number of hydrogen-bond donors (Lipinski definition) is 1. The molecule has 1 aromatic carbocycles. The van der Waals surface area contributed by atoms with E-state index in [0.29, 0.717) is 16.6 Å². The molecule has 72 valence electrons. The van der Waals surface area contributed by atoms with Crippen LogP contribution in [0.25, 0.3) is 0 Å². The number of phenols is 1. The van der Waals surface area contributed by atoms with E-state index in [1.54, 1.807) is 6.07 Å². The van der Waals surface area contributed by atoms with Gasteiger partial charge in [0.15, 0.2) is 0 Å². The molecular weight excluding hydrogens is 209 g/mol. The third-order valence-electron chi connectivity index (χ3n) is 1.59. The third-order valence-corrected chi connectivity index (χ3v) is 2.10. The molecule has 0 saturated heterocycles. The molecule has 0 bridgehead atoms. The average Bonchev–Trinajstić information content (AvgIpc) is 1.98. The van der Waals surface area contributed by atoms with Crippen LogP contribution < -0.4 is 0 Å². The van der Waals surface area contributed by atoms with Crippen LogP contribution in [0.4, 0.5) is 0 Å². The number of benzene rings is 1. The largest absolute Gasteiger partial charge is 0.506 e. The lowest BCUT2D eigenvalue weighted by Crippen LogP contribution is -2.10. The van der Waals surface area contributed by atoms with Crippen molar-refractivity contribution in [2.45, 2.75) is 6.54 Å². The summed E-state index contributed by atoms with van der Waals surface area (Å²) < 4.78 is 0. The first-order valence-corrected chi connectivity index (χ1v) is 4.58. The van der Waals surface area contributed by atoms with E-state index in [0.717, 1.165) is 5.56 Å². The van der Waals surface area contributed by atoms with Crippen LogP contribution in [0.2, 0.25) is 10.0 Å². The SMILES string of the molecule is CN(C)Cc1cc(Cl)cc(Cl)c1O. The van der Waals surface area contributed by atoms with Crippen molar-refractivity contribution in [1.29, 1.82) is 0 Å². The Kier molecular flexibility index (Phi) is 3.42. The second kappa shape index (κ2) is 4.18. The first kappa shape index (κ1) is 10.6. The predicted octanol–water partition coefficient (Wildman–Crippen LogP) is 2.76. The van der Waals surface area contributed by atoms with Crippen LogP contribution in [0.15, 0.2) is 12.1 Å². The van der Waals surface area contributed by atoms with Gasteiger partial charge in [-0.2, -0.15) is 0 Å². The number of halogens is 2. The van der Waals surface area contributed by atoms with E-state index in [2.05, 4.69) is 0 Å². The van der Waals surface area contributed by atoms with Crippen LogP contribution in [-0.4, -0.2) is 24.1 Å². The molecule has 0 amide bonds. The molecule has 0 atom stereocenters. The molecule has 1 rings (SSSR count). The third kappa shape index (κ3) is 2.76. The average molecular weight is 220 g/mol. The highest BCUT2D eigenvalue weighted by Gasteiger charge is 2.08. The van der Waals surface area contributed by atoms with Crippen molar-refractivity contribution in [2.75, 3.05) is 14.1 Å². The van der Waals surface area contributed by atoms with Crippen LogP contribution in [0.1, 0.15) is 5.56 Å². The van der Waals surface area contributed by atoms with E-state index in [-0.39, 0.29) is 5.75 Å². The Bertz CT molecular complexity index is 313. The van der Waals surface area contributed by atoms with E-state index >= 15 is 0 Å². The molecule has 0 aliphatic heterocycles. The Morgan fingerprint density at radius 2 is 1.92 bits per heavy atom. The van der Waals surface area contributed by atoms with Gasteiger partial charge in [0.25, 0.3) is 0 Å². The Balaban J connectivity index is 3.05. The predicted molar refractivity (Wildman–Crippen MR) is 55.5 cm³/mol. The zero-order valence-corrected chi connectivity index (χ0v) is 9.02. The minimum absolute atomic E-state index is 0.111. The number of nitrogens with zero attached hydrogens (tertiary/aromatic N) is 1. The zero-order chi connectivity index (χ0) is 10.0. The fourth-order valence-electron chi connectivity index (χ4n) is 1.08. The number of rotatable bonds is 2. The van der Waals surface area contributed by atoms with Crippen LogP contribution in [0.3, 0.4) is 0 Å². The molecule has 0 heterocycles. The van der Waals surface area contributed by atoms with Gasteiger partial charge in [-0.25, -0.2) is 0 Å². The first-order chi connectivity index (χ1) is 6.00. The molecule has 0 aromatic heterocycles. The van der Waals surface area contributed by atoms with Crippen molar-refractivity contribution < 1.29 is 5.11 Å². The molecule has 0 spiro atoms. The van der Waals surface area contributed by atoms with Gasteiger partial charge in [0.2, 0.25) is 0 Å². The molecular formula is C9H11Cl2NO. The molecule has 0 aliphatic rings. The maximum atomic E-state index is 9.55. The Hall–Kier alpha value is -0.440. The summed E-state index contributed by atoms with van der Waals surface area (Å²) >= 11 is 11.5. The lowest BCUT2D eigenvalue weighted by Gasteiger charge is -2.12. The van der Waals surface area contributed by atoms with Gasteiger partial charge in [0.1, 0.15) is 5.75 Å². The topological polar surface area (TPSA) is 23.5 Å². The van der Waals surface area contributed by atoms with Crippen LogP contribution in [-0.2, 0) is 6.54 Å². The van der Waals surface area contributed by atoms with Crippen molar-refractivity contribution in [3.8, 4) is 5.75 Å². The fourth-order valence-corrected chi connectivity index (χ4v) is 1.62. The maximum Gasteiger partial charge on any atom is 0.138 e. The number of hydrogen-bond acceptors (Lipinski definition) is 2. The molecule has 0 aliphatic carbocycles. The van der Waals surface area contributed by atoms with Gasteiger partial charge in [0, 0.05) is 17.1 Å². The second-order valence-electron chi connectivity index (χ2n) is 3.13. The minimum atomic E-state index is 0.111. The highest BCUT2D eigenvalue weighted by molar-refractivity contribution is 6.35. The van der Waals surface area contributed by atoms with Crippen LogP contribution in [0.5, 0.6) is 5.75 Å². The summed E-state index contributed by atoms with van der Waals surface area (Å²) in [7, 11) is 3.82. The molecule has 0 saturated carbocycles. The normalized spacial score (nSPS) is 10.8. The zero-order valence-electron chi connectivity index (χ0n) is 7.51. The molecule has 0 fully saturated rings. The molecule has 13 heavy (non-hydrogen) atoms. The number of aromatic hydroxyl groups is 1. The van der Waals surface area contributed by atoms with Crippen LogP contribution in [0, 0.1) is 0 Å². The standard InChI is InChI=1S/C9H11Cl2NO/c1-12(2)5-6-3-7(10)4-8(11)9(6)13/h3-4,13H,5H2,1-2H3. The monoisotopic (exact) mass is 219 g/mol. The van der Waals surface area contributed by atoms with E-state index in [1.165, 1.54) is 6.07 Å². The van der Waals surface area contributed by atoms with Gasteiger partial charge in [-0.05, 0) is 26.2 Å². The van der Waals surface area contributed by atoms with Crippen LogP contribution >= 0.6 is 23.2 Å². The molecule has 4 heteroatoms. The lowest BCUT2D eigenvalue weighted by molar-refractivity contribution is 0.386. The molecule has 1 aromatic rings. The molecule has 2 nitrogen and oxygen atoms in total. The van der Waals surface area contributed by atoms with Crippen molar-refractivity contribution in [3.05, 3.63) is 27.7 Å². The van der Waals surface area contributed by atoms with Crippen molar-refractivity contribution in [3.63, 3.8) is 0 Å². The van der Waals surface area contributed by atoms with E-state index in [4.69, 9.17) is 23.2 Å². The summed E-state index contributed by atoms with van der Waals surface area (Å²) in [5.74, 6) is 0.111. The van der Waals surface area contributed by atoms with Gasteiger partial charge < -0.3 is 10.0 Å². The second-order valence-corrected chi connectivity index (χ2v) is 3.98. The Labute approximate surface area is 87.7 Å². The summed E-state index contributed by atoms with van der Waals surface area (Å²) in [6.45, 7) is 0.617. The Morgan fingerprint density at radius 1 is 1.31 bits per heavy atom. The van der Waals surface area contributed by atoms with Gasteiger partial charge in [-0.15, -0.1) is 0 Å². The molecule has 0 unspecified atom stereocenters. The summed E-state index contributed by atoms with van der Waals surface area (Å²) in [6.07, 6.45) is 0. The Morgan fingerprint density at radius 3 is 2.46 bits per heavy atom. The molecule has 1 N–H and O–H groups in total. The van der Waals surface area contributed by atoms with E-state index in [9.17, 15) is 5.11 Å². The van der Waals surface area contributed by atoms with Gasteiger partial charge in [-0.3, -0.25) is 0 Å². The molecule has 0 radical (unpaired) electrons. The van der Waals surface area contributed by atoms with Gasteiger partial charge in [0.05, 0.1) is 5.02 Å².